The first-order chi connectivity index (χ1) is 7.49. The van der Waals surface area contributed by atoms with Crippen molar-refractivity contribution in [1.29, 1.82) is 0 Å². The third-order valence-corrected chi connectivity index (χ3v) is 2.75. The van der Waals surface area contributed by atoms with Gasteiger partial charge in [0, 0.05) is 18.6 Å². The molecule has 96 valence electrons. The van der Waals surface area contributed by atoms with Crippen LogP contribution in [0.4, 0.5) is 0 Å². The highest BCUT2D eigenvalue weighted by Crippen LogP contribution is 2.17. The molecule has 0 saturated carbocycles. The van der Waals surface area contributed by atoms with Crippen LogP contribution in [0, 0.1) is 11.3 Å². The van der Waals surface area contributed by atoms with E-state index in [1.54, 1.807) is 0 Å². The minimum Gasteiger partial charge on any atom is -0.379 e. The van der Waals surface area contributed by atoms with Crippen molar-refractivity contribution >= 4 is 0 Å². The third kappa shape index (κ3) is 5.83. The normalized spacial score (nSPS) is 21.9. The molecule has 1 atom stereocenters. The van der Waals surface area contributed by atoms with Crippen LogP contribution in [0.5, 0.6) is 0 Å². The Hall–Kier alpha value is -0.120. The molecule has 0 aromatic rings. The van der Waals surface area contributed by atoms with Crippen LogP contribution in [0.15, 0.2) is 0 Å². The Balaban J connectivity index is 2.12. The monoisotopic (exact) mass is 229 g/mol. The standard InChI is InChI=1S/C13H27NO2/c1-11(2)7-14-9-13(3,4)10-16-12-5-6-15-8-12/h11-12,14H,5-10H2,1-4H3. The SMILES string of the molecule is CC(C)CNCC(C)(C)COC1CCOC1. The van der Waals surface area contributed by atoms with E-state index in [1.807, 2.05) is 0 Å². The van der Waals surface area contributed by atoms with Gasteiger partial charge in [0.15, 0.2) is 0 Å². The number of ether oxygens (including phenoxy) is 2. The molecule has 1 heterocycles. The maximum atomic E-state index is 5.86. The molecular weight excluding hydrogens is 202 g/mol. The van der Waals surface area contributed by atoms with Gasteiger partial charge in [0.05, 0.1) is 19.3 Å². The van der Waals surface area contributed by atoms with Crippen LogP contribution in [0.1, 0.15) is 34.1 Å². The average molecular weight is 229 g/mol. The fraction of sp³-hybridized carbons (Fsp3) is 1.00. The van der Waals surface area contributed by atoms with Crippen LogP contribution < -0.4 is 5.32 Å². The summed E-state index contributed by atoms with van der Waals surface area (Å²) in [7, 11) is 0. The zero-order valence-corrected chi connectivity index (χ0v) is 11.2. The zero-order chi connectivity index (χ0) is 12.0. The van der Waals surface area contributed by atoms with Crippen LogP contribution >= 0.6 is 0 Å². The van der Waals surface area contributed by atoms with E-state index in [0.717, 1.165) is 39.3 Å². The van der Waals surface area contributed by atoms with Gasteiger partial charge in [-0.2, -0.15) is 0 Å². The Kier molecular flexibility index (Phi) is 5.73. The van der Waals surface area contributed by atoms with E-state index in [2.05, 4.69) is 33.0 Å². The van der Waals surface area contributed by atoms with Crippen molar-refractivity contribution in [2.75, 3.05) is 32.9 Å². The van der Waals surface area contributed by atoms with E-state index < -0.39 is 0 Å². The number of hydrogen-bond donors (Lipinski definition) is 1. The van der Waals surface area contributed by atoms with Crippen LogP contribution in [0.3, 0.4) is 0 Å². The van der Waals surface area contributed by atoms with E-state index in [4.69, 9.17) is 9.47 Å². The quantitative estimate of drug-likeness (QED) is 0.725. The summed E-state index contributed by atoms with van der Waals surface area (Å²) >= 11 is 0. The summed E-state index contributed by atoms with van der Waals surface area (Å²) in [5.74, 6) is 0.708. The first-order valence-electron chi connectivity index (χ1n) is 6.40. The first kappa shape index (κ1) is 13.9. The second-order valence-electron chi connectivity index (χ2n) is 5.99. The first-order valence-corrected chi connectivity index (χ1v) is 6.40. The second-order valence-corrected chi connectivity index (χ2v) is 5.99. The molecule has 1 fully saturated rings. The summed E-state index contributed by atoms with van der Waals surface area (Å²) < 4.78 is 11.2. The van der Waals surface area contributed by atoms with Gasteiger partial charge in [-0.15, -0.1) is 0 Å². The van der Waals surface area contributed by atoms with Crippen molar-refractivity contribution in [3.63, 3.8) is 0 Å². The smallest absolute Gasteiger partial charge is 0.0830 e. The molecule has 1 rings (SSSR count). The Morgan fingerprint density at radius 3 is 2.75 bits per heavy atom. The maximum absolute atomic E-state index is 5.86. The molecule has 0 aliphatic carbocycles. The zero-order valence-electron chi connectivity index (χ0n) is 11.2. The third-order valence-electron chi connectivity index (χ3n) is 2.75. The summed E-state index contributed by atoms with van der Waals surface area (Å²) in [6.45, 7) is 13.5. The maximum Gasteiger partial charge on any atom is 0.0830 e. The number of nitrogens with one attached hydrogen (secondary N) is 1. The van der Waals surface area contributed by atoms with Crippen LogP contribution in [0.2, 0.25) is 0 Å². The molecule has 0 aromatic heterocycles. The van der Waals surface area contributed by atoms with Gasteiger partial charge in [-0.05, 0) is 18.9 Å². The minimum atomic E-state index is 0.206. The second kappa shape index (κ2) is 6.58. The molecule has 16 heavy (non-hydrogen) atoms. The Morgan fingerprint density at radius 2 is 2.19 bits per heavy atom. The van der Waals surface area contributed by atoms with E-state index in [9.17, 15) is 0 Å². The Bertz CT molecular complexity index is 186. The molecule has 0 aromatic carbocycles. The highest BCUT2D eigenvalue weighted by atomic mass is 16.5. The fourth-order valence-corrected chi connectivity index (χ4v) is 1.74. The van der Waals surface area contributed by atoms with E-state index >= 15 is 0 Å². The molecule has 1 aliphatic rings. The van der Waals surface area contributed by atoms with Crippen molar-refractivity contribution < 1.29 is 9.47 Å². The highest BCUT2D eigenvalue weighted by Gasteiger charge is 2.22. The van der Waals surface area contributed by atoms with E-state index in [1.165, 1.54) is 0 Å². The summed E-state index contributed by atoms with van der Waals surface area (Å²) in [5.41, 5.74) is 0.206. The minimum absolute atomic E-state index is 0.206. The van der Waals surface area contributed by atoms with Gasteiger partial charge in [0.25, 0.3) is 0 Å². The molecule has 0 radical (unpaired) electrons. The largest absolute Gasteiger partial charge is 0.379 e. The van der Waals surface area contributed by atoms with E-state index in [-0.39, 0.29) is 5.41 Å². The fourth-order valence-electron chi connectivity index (χ4n) is 1.74. The summed E-state index contributed by atoms with van der Waals surface area (Å²) in [6, 6.07) is 0. The van der Waals surface area contributed by atoms with Crippen LogP contribution in [-0.2, 0) is 9.47 Å². The molecule has 1 aliphatic heterocycles. The molecule has 0 amide bonds. The van der Waals surface area contributed by atoms with E-state index in [0.29, 0.717) is 12.0 Å². The topological polar surface area (TPSA) is 30.5 Å². The lowest BCUT2D eigenvalue weighted by Gasteiger charge is -2.27. The van der Waals surface area contributed by atoms with Crippen molar-refractivity contribution in [3.05, 3.63) is 0 Å². The van der Waals surface area contributed by atoms with Gasteiger partial charge in [-0.25, -0.2) is 0 Å². The van der Waals surface area contributed by atoms with Crippen molar-refractivity contribution in [1.82, 2.24) is 5.32 Å². The summed E-state index contributed by atoms with van der Waals surface area (Å²) in [4.78, 5) is 0. The molecular formula is C13H27NO2. The van der Waals surface area contributed by atoms with Crippen molar-refractivity contribution in [3.8, 4) is 0 Å². The Labute approximate surface area is 99.9 Å². The molecule has 3 nitrogen and oxygen atoms in total. The molecule has 0 bridgehead atoms. The molecule has 3 heteroatoms. The lowest BCUT2D eigenvalue weighted by molar-refractivity contribution is -0.00136. The lowest BCUT2D eigenvalue weighted by Crippen LogP contribution is -2.36. The van der Waals surface area contributed by atoms with Gasteiger partial charge in [0.1, 0.15) is 0 Å². The lowest BCUT2D eigenvalue weighted by atomic mass is 9.94. The molecule has 1 N–H and O–H groups in total. The van der Waals surface area contributed by atoms with Crippen LogP contribution in [-0.4, -0.2) is 39.0 Å². The predicted octanol–water partition coefficient (Wildman–Crippen LogP) is 2.06. The van der Waals surface area contributed by atoms with Gasteiger partial charge in [-0.1, -0.05) is 27.7 Å². The van der Waals surface area contributed by atoms with Gasteiger partial charge in [0.2, 0.25) is 0 Å². The number of rotatable bonds is 7. The molecule has 1 unspecified atom stereocenters. The summed E-state index contributed by atoms with van der Waals surface area (Å²) in [6.07, 6.45) is 1.37. The highest BCUT2D eigenvalue weighted by molar-refractivity contribution is 4.73. The molecule has 0 spiro atoms. The summed E-state index contributed by atoms with van der Waals surface area (Å²) in [5, 5.41) is 3.49. The number of hydrogen-bond acceptors (Lipinski definition) is 3. The average Bonchev–Trinajstić information content (AvgIpc) is 2.66. The van der Waals surface area contributed by atoms with Gasteiger partial charge in [-0.3, -0.25) is 0 Å². The van der Waals surface area contributed by atoms with Gasteiger partial charge >= 0.3 is 0 Å². The predicted molar refractivity (Wildman–Crippen MR) is 66.7 cm³/mol. The van der Waals surface area contributed by atoms with Gasteiger partial charge < -0.3 is 14.8 Å². The van der Waals surface area contributed by atoms with Crippen LogP contribution in [0.25, 0.3) is 0 Å². The molecule has 1 saturated heterocycles. The van der Waals surface area contributed by atoms with Crippen molar-refractivity contribution in [2.24, 2.45) is 11.3 Å². The Morgan fingerprint density at radius 1 is 1.44 bits per heavy atom. The van der Waals surface area contributed by atoms with Crippen molar-refractivity contribution in [2.45, 2.75) is 40.2 Å².